The Kier molecular flexibility index (Phi) is 7.35. The van der Waals surface area contributed by atoms with Gasteiger partial charge in [-0.3, -0.25) is 4.98 Å². The van der Waals surface area contributed by atoms with Crippen molar-refractivity contribution >= 4 is 34.5 Å². The van der Waals surface area contributed by atoms with Crippen molar-refractivity contribution in [2.24, 2.45) is 0 Å². The van der Waals surface area contributed by atoms with E-state index in [1.165, 1.54) is 6.07 Å². The molecule has 1 aliphatic heterocycles. The molecule has 4 rings (SSSR count). The number of fused-ring (bicyclic) bond motifs is 1. The van der Waals surface area contributed by atoms with Crippen LogP contribution in [-0.4, -0.2) is 67.2 Å². The van der Waals surface area contributed by atoms with E-state index in [4.69, 9.17) is 15.5 Å². The summed E-state index contributed by atoms with van der Waals surface area (Å²) in [6.07, 6.45) is 1.62. The Morgan fingerprint density at radius 1 is 1.14 bits per heavy atom. The van der Waals surface area contributed by atoms with Crippen molar-refractivity contribution < 1.29 is 13.5 Å². The summed E-state index contributed by atoms with van der Waals surface area (Å²) in [6, 6.07) is 8.90. The maximum Gasteiger partial charge on any atom is 0.387 e. The van der Waals surface area contributed by atoms with Gasteiger partial charge in [-0.1, -0.05) is 13.8 Å². The van der Waals surface area contributed by atoms with Gasteiger partial charge in [-0.25, -0.2) is 4.98 Å². The molecule has 2 aromatic heterocycles. The van der Waals surface area contributed by atoms with Gasteiger partial charge in [0.25, 0.3) is 0 Å². The van der Waals surface area contributed by atoms with Crippen molar-refractivity contribution in [1.82, 2.24) is 19.9 Å². The molecular weight excluding hydrogens is 478 g/mol. The number of aryl methyl sites for hydroxylation is 1. The minimum atomic E-state index is -3.00. The highest BCUT2D eigenvalue weighted by atomic mass is 19.3. The van der Waals surface area contributed by atoms with Gasteiger partial charge in [0.2, 0.25) is 5.95 Å². The van der Waals surface area contributed by atoms with Crippen molar-refractivity contribution in [2.45, 2.75) is 32.8 Å². The molecule has 11 heteroatoms. The molecule has 0 spiro atoms. The van der Waals surface area contributed by atoms with Gasteiger partial charge in [-0.15, -0.1) is 0 Å². The second-order valence-corrected chi connectivity index (χ2v) is 10.2. The average Bonchev–Trinajstić information content (AvgIpc) is 3.09. The van der Waals surface area contributed by atoms with Gasteiger partial charge in [0, 0.05) is 50.1 Å². The Hall–Kier alpha value is -3.73. The Bertz CT molecular complexity index is 1270. The number of nitrogen functional groups attached to an aromatic ring is 1. The molecule has 0 radical (unpaired) electrons. The van der Waals surface area contributed by atoms with Crippen molar-refractivity contribution in [2.75, 3.05) is 61.6 Å². The van der Waals surface area contributed by atoms with Crippen molar-refractivity contribution in [3.8, 4) is 5.75 Å². The van der Waals surface area contributed by atoms with Gasteiger partial charge in [0.15, 0.2) is 5.75 Å². The molecule has 37 heavy (non-hydrogen) atoms. The highest BCUT2D eigenvalue weighted by molar-refractivity contribution is 5.79. The van der Waals surface area contributed by atoms with Crippen LogP contribution in [0.15, 0.2) is 36.5 Å². The third-order valence-electron chi connectivity index (χ3n) is 6.30. The second-order valence-electron chi connectivity index (χ2n) is 10.2. The normalized spacial score (nSPS) is 14.3. The largest absolute Gasteiger partial charge is 0.433 e. The van der Waals surface area contributed by atoms with Crippen LogP contribution in [0.25, 0.3) is 0 Å². The number of aromatic nitrogens is 3. The van der Waals surface area contributed by atoms with Gasteiger partial charge in [0.1, 0.15) is 5.82 Å². The van der Waals surface area contributed by atoms with E-state index in [9.17, 15) is 8.78 Å². The SMILES string of the molecule is Cc1ccc2c(n1)C(C)(C)CN2c1ccnc(Nc2cc(N)c(N(C)CCN(C)C)cc2OC(F)F)n1. The van der Waals surface area contributed by atoms with Crippen LogP contribution < -0.4 is 25.6 Å². The van der Waals surface area contributed by atoms with E-state index in [1.54, 1.807) is 12.3 Å². The van der Waals surface area contributed by atoms with E-state index in [1.807, 2.05) is 56.1 Å². The standard InChI is InChI=1S/C26H34F2N8O/c1-16-7-8-19-23(31-16)26(2,3)15-36(19)22-9-10-30-25(33-22)32-18-13-17(29)20(14-21(18)37-24(27)28)35(6)12-11-34(4)5/h7-10,13-14,24H,11-12,15,29H2,1-6H3,(H,30,32,33). The first-order chi connectivity index (χ1) is 17.4. The first kappa shape index (κ1) is 26.3. The first-order valence-corrected chi connectivity index (χ1v) is 12.0. The summed E-state index contributed by atoms with van der Waals surface area (Å²) in [5.41, 5.74) is 10.4. The number of anilines is 6. The third-order valence-corrected chi connectivity index (χ3v) is 6.30. The molecular formula is C26H34F2N8O. The van der Waals surface area contributed by atoms with E-state index in [2.05, 4.69) is 34.0 Å². The molecule has 198 valence electrons. The van der Waals surface area contributed by atoms with Gasteiger partial charge >= 0.3 is 6.61 Å². The van der Waals surface area contributed by atoms with Crippen LogP contribution in [0.2, 0.25) is 0 Å². The quantitative estimate of drug-likeness (QED) is 0.401. The minimum absolute atomic E-state index is 0.0442. The summed E-state index contributed by atoms with van der Waals surface area (Å²) in [5.74, 6) is 0.854. The van der Waals surface area contributed by atoms with Crippen molar-refractivity contribution in [3.05, 3.63) is 47.9 Å². The number of halogens is 2. The maximum absolute atomic E-state index is 13.3. The summed E-state index contributed by atoms with van der Waals surface area (Å²) in [5, 5.41) is 3.02. The van der Waals surface area contributed by atoms with E-state index < -0.39 is 6.61 Å². The Morgan fingerprint density at radius 3 is 2.59 bits per heavy atom. The summed E-state index contributed by atoms with van der Waals surface area (Å²) in [7, 11) is 5.78. The fourth-order valence-corrected chi connectivity index (χ4v) is 4.38. The number of rotatable bonds is 9. The van der Waals surface area contributed by atoms with Crippen LogP contribution in [0.4, 0.5) is 43.3 Å². The molecule has 3 N–H and O–H groups in total. The van der Waals surface area contributed by atoms with Crippen molar-refractivity contribution in [1.29, 1.82) is 0 Å². The Balaban J connectivity index is 1.64. The molecule has 0 saturated heterocycles. The van der Waals surface area contributed by atoms with Crippen molar-refractivity contribution in [3.63, 3.8) is 0 Å². The molecule has 0 saturated carbocycles. The number of alkyl halides is 2. The van der Waals surface area contributed by atoms with Gasteiger partial charge in [0.05, 0.1) is 28.4 Å². The van der Waals surface area contributed by atoms with E-state index >= 15 is 0 Å². The number of hydrogen-bond donors (Lipinski definition) is 2. The molecule has 1 aliphatic rings. The topological polar surface area (TPSA) is 95.7 Å². The van der Waals surface area contributed by atoms with E-state index in [0.717, 1.165) is 23.6 Å². The Labute approximate surface area is 216 Å². The van der Waals surface area contributed by atoms with Gasteiger partial charge in [-0.05, 0) is 45.3 Å². The summed E-state index contributed by atoms with van der Waals surface area (Å²) in [6.45, 7) is 5.38. The molecule has 0 atom stereocenters. The molecule has 0 unspecified atom stereocenters. The van der Waals surface area contributed by atoms with Crippen LogP contribution in [0.1, 0.15) is 25.2 Å². The number of likely N-dealkylation sites (N-methyl/N-ethyl adjacent to an activating group) is 2. The minimum Gasteiger partial charge on any atom is -0.433 e. The number of benzene rings is 1. The van der Waals surface area contributed by atoms with Gasteiger partial charge < -0.3 is 30.5 Å². The lowest BCUT2D eigenvalue weighted by Crippen LogP contribution is -2.29. The zero-order valence-electron chi connectivity index (χ0n) is 22.1. The number of nitrogens with one attached hydrogen (secondary N) is 1. The lowest BCUT2D eigenvalue weighted by molar-refractivity contribution is -0.0493. The second kappa shape index (κ2) is 10.3. The summed E-state index contributed by atoms with van der Waals surface area (Å²) in [4.78, 5) is 19.7. The summed E-state index contributed by atoms with van der Waals surface area (Å²) < 4.78 is 31.4. The highest BCUT2D eigenvalue weighted by Gasteiger charge is 2.38. The number of ether oxygens (including phenoxy) is 1. The fourth-order valence-electron chi connectivity index (χ4n) is 4.38. The zero-order valence-corrected chi connectivity index (χ0v) is 22.1. The van der Waals surface area contributed by atoms with Crippen LogP contribution in [0, 0.1) is 6.92 Å². The summed E-state index contributed by atoms with van der Waals surface area (Å²) >= 11 is 0. The molecule has 3 heterocycles. The number of pyridine rings is 1. The predicted molar refractivity (Wildman–Crippen MR) is 144 cm³/mol. The molecule has 0 fully saturated rings. The maximum atomic E-state index is 13.3. The van der Waals surface area contributed by atoms with Gasteiger partial charge in [-0.2, -0.15) is 13.8 Å². The number of nitrogens with zero attached hydrogens (tertiary/aromatic N) is 6. The number of hydrogen-bond acceptors (Lipinski definition) is 9. The highest BCUT2D eigenvalue weighted by Crippen LogP contribution is 2.43. The van der Waals surface area contributed by atoms with Crippen LogP contribution in [0.5, 0.6) is 5.75 Å². The van der Waals surface area contributed by atoms with Crippen LogP contribution in [0.3, 0.4) is 0 Å². The molecule has 1 aromatic carbocycles. The lowest BCUT2D eigenvalue weighted by Gasteiger charge is -2.25. The average molecular weight is 513 g/mol. The van der Waals surface area contributed by atoms with Crippen LogP contribution in [-0.2, 0) is 5.41 Å². The number of nitrogens with two attached hydrogens (primary N) is 1. The lowest BCUT2D eigenvalue weighted by atomic mass is 9.91. The molecule has 9 nitrogen and oxygen atoms in total. The molecule has 0 amide bonds. The monoisotopic (exact) mass is 512 g/mol. The van der Waals surface area contributed by atoms with Crippen LogP contribution >= 0.6 is 0 Å². The smallest absolute Gasteiger partial charge is 0.387 e. The Morgan fingerprint density at radius 2 is 1.89 bits per heavy atom. The predicted octanol–water partition coefficient (Wildman–Crippen LogP) is 4.53. The first-order valence-electron chi connectivity index (χ1n) is 12.0. The molecule has 3 aromatic rings. The molecule has 0 bridgehead atoms. The zero-order chi connectivity index (χ0) is 26.9. The molecule has 0 aliphatic carbocycles. The third kappa shape index (κ3) is 5.82. The van der Waals surface area contributed by atoms with E-state index in [0.29, 0.717) is 30.3 Å². The fraction of sp³-hybridized carbons (Fsp3) is 0.423. The van der Waals surface area contributed by atoms with E-state index in [-0.39, 0.29) is 22.8 Å².